The van der Waals surface area contributed by atoms with E-state index in [2.05, 4.69) is 20.5 Å². The van der Waals surface area contributed by atoms with Crippen LogP contribution in [0, 0.1) is 13.8 Å². The number of rotatable bonds is 3. The maximum atomic E-state index is 12.6. The van der Waals surface area contributed by atoms with Crippen LogP contribution in [0.4, 0.5) is 5.82 Å². The number of benzene rings is 1. The van der Waals surface area contributed by atoms with Crippen LogP contribution in [-0.2, 0) is 7.05 Å². The monoisotopic (exact) mass is 396 g/mol. The maximum absolute atomic E-state index is 12.6. The van der Waals surface area contributed by atoms with E-state index in [9.17, 15) is 4.79 Å². The molecular formula is C18H16N6O3S. The summed E-state index contributed by atoms with van der Waals surface area (Å²) in [5.41, 5.74) is 2.80. The Kier molecular flexibility index (Phi) is 3.63. The van der Waals surface area contributed by atoms with Crippen molar-refractivity contribution >= 4 is 33.3 Å². The molecule has 5 rings (SSSR count). The van der Waals surface area contributed by atoms with Crippen LogP contribution in [0.25, 0.3) is 15.3 Å². The summed E-state index contributed by atoms with van der Waals surface area (Å²) in [7, 11) is 1.80. The van der Waals surface area contributed by atoms with E-state index < -0.39 is 0 Å². The molecule has 9 nitrogen and oxygen atoms in total. The highest BCUT2D eigenvalue weighted by Gasteiger charge is 2.20. The predicted molar refractivity (Wildman–Crippen MR) is 104 cm³/mol. The Bertz CT molecular complexity index is 1180. The third-order valence-electron chi connectivity index (χ3n) is 4.47. The number of thiazole rings is 1. The molecule has 0 saturated carbocycles. The Morgan fingerprint density at radius 2 is 1.93 bits per heavy atom. The second-order valence-corrected chi connectivity index (χ2v) is 7.51. The Labute approximate surface area is 163 Å². The first-order chi connectivity index (χ1) is 13.5. The van der Waals surface area contributed by atoms with Crippen LogP contribution in [-0.4, -0.2) is 37.2 Å². The molecule has 1 aliphatic heterocycles. The van der Waals surface area contributed by atoms with Gasteiger partial charge >= 0.3 is 0 Å². The largest absolute Gasteiger partial charge is 0.454 e. The molecule has 1 aliphatic rings. The van der Waals surface area contributed by atoms with Crippen LogP contribution < -0.4 is 14.8 Å². The summed E-state index contributed by atoms with van der Waals surface area (Å²) in [6.07, 6.45) is 0. The third-order valence-corrected chi connectivity index (χ3v) is 5.47. The number of hydrogen-bond donors (Lipinski definition) is 1. The van der Waals surface area contributed by atoms with Crippen LogP contribution in [0.1, 0.15) is 21.9 Å². The van der Waals surface area contributed by atoms with Crippen molar-refractivity contribution in [3.63, 3.8) is 0 Å². The highest BCUT2D eigenvalue weighted by molar-refractivity contribution is 7.20. The van der Waals surface area contributed by atoms with Crippen molar-refractivity contribution in [1.29, 1.82) is 0 Å². The van der Waals surface area contributed by atoms with Gasteiger partial charge in [0.05, 0.1) is 15.9 Å². The number of amides is 1. The molecule has 0 unspecified atom stereocenters. The zero-order chi connectivity index (χ0) is 19.4. The standard InChI is InChI=1S/C18H16N6O3S/c1-9-4-16(20-17(25)12-5-10(2)23(3)22-12)24(21-9)18-19-11-6-13-14(27-8-26-13)7-15(11)28-18/h4-7H,8H2,1-3H3,(H,20,25). The van der Waals surface area contributed by atoms with Crippen molar-refractivity contribution in [3.05, 3.63) is 41.3 Å². The van der Waals surface area contributed by atoms with Crippen molar-refractivity contribution in [2.24, 2.45) is 7.05 Å². The van der Waals surface area contributed by atoms with Gasteiger partial charge in [-0.2, -0.15) is 14.9 Å². The minimum Gasteiger partial charge on any atom is -0.454 e. The van der Waals surface area contributed by atoms with Gasteiger partial charge in [0.15, 0.2) is 17.2 Å². The number of fused-ring (bicyclic) bond motifs is 2. The van der Waals surface area contributed by atoms with Gasteiger partial charge in [-0.05, 0) is 19.9 Å². The van der Waals surface area contributed by atoms with Gasteiger partial charge in [-0.15, -0.1) is 0 Å². The van der Waals surface area contributed by atoms with E-state index in [0.29, 0.717) is 28.1 Å². The molecule has 10 heteroatoms. The molecule has 142 valence electrons. The Morgan fingerprint density at radius 1 is 1.14 bits per heavy atom. The lowest BCUT2D eigenvalue weighted by Gasteiger charge is -2.04. The first kappa shape index (κ1) is 16.8. The van der Waals surface area contributed by atoms with Crippen LogP contribution >= 0.6 is 11.3 Å². The second-order valence-electron chi connectivity index (χ2n) is 6.50. The molecule has 0 fully saturated rings. The summed E-state index contributed by atoms with van der Waals surface area (Å²) in [5, 5.41) is 12.2. The van der Waals surface area contributed by atoms with Gasteiger partial charge in [-0.25, -0.2) is 4.98 Å². The van der Waals surface area contributed by atoms with Crippen LogP contribution in [0.2, 0.25) is 0 Å². The lowest BCUT2D eigenvalue weighted by atomic mass is 10.3. The molecule has 0 aliphatic carbocycles. The number of carbonyl (C=O) groups excluding carboxylic acids is 1. The number of anilines is 1. The summed E-state index contributed by atoms with van der Waals surface area (Å²) < 4.78 is 15.1. The Balaban J connectivity index is 1.51. The molecule has 0 atom stereocenters. The van der Waals surface area contributed by atoms with Crippen LogP contribution in [0.5, 0.6) is 11.5 Å². The maximum Gasteiger partial charge on any atom is 0.277 e. The van der Waals surface area contributed by atoms with E-state index in [1.54, 1.807) is 28.5 Å². The fraction of sp³-hybridized carbons (Fsp3) is 0.222. The molecule has 0 spiro atoms. The number of aryl methyl sites for hydroxylation is 3. The van der Waals surface area contributed by atoms with E-state index >= 15 is 0 Å². The third kappa shape index (κ3) is 2.69. The Hall–Kier alpha value is -3.40. The second kappa shape index (κ2) is 6.06. The molecule has 1 aromatic carbocycles. The molecule has 4 heterocycles. The number of nitrogens with zero attached hydrogens (tertiary/aromatic N) is 5. The van der Waals surface area contributed by atoms with Gasteiger partial charge in [-0.3, -0.25) is 9.48 Å². The first-order valence-corrected chi connectivity index (χ1v) is 9.39. The summed E-state index contributed by atoms with van der Waals surface area (Å²) in [6.45, 7) is 3.98. The molecule has 4 aromatic rings. The van der Waals surface area contributed by atoms with Gasteiger partial charge < -0.3 is 14.8 Å². The van der Waals surface area contributed by atoms with Gasteiger partial charge in [0.2, 0.25) is 11.9 Å². The zero-order valence-corrected chi connectivity index (χ0v) is 16.2. The number of hydrogen-bond acceptors (Lipinski definition) is 7. The topological polar surface area (TPSA) is 96.1 Å². The average molecular weight is 396 g/mol. The van der Waals surface area contributed by atoms with Crippen molar-refractivity contribution in [2.75, 3.05) is 12.1 Å². The van der Waals surface area contributed by atoms with Gasteiger partial charge in [0.25, 0.3) is 5.91 Å². The van der Waals surface area contributed by atoms with Gasteiger partial charge in [-0.1, -0.05) is 11.3 Å². The molecule has 0 bridgehead atoms. The number of aromatic nitrogens is 5. The predicted octanol–water partition coefficient (Wildman–Crippen LogP) is 2.81. The van der Waals surface area contributed by atoms with E-state index in [-0.39, 0.29) is 12.7 Å². The Morgan fingerprint density at radius 3 is 2.68 bits per heavy atom. The van der Waals surface area contributed by atoms with Crippen LogP contribution in [0.3, 0.4) is 0 Å². The van der Waals surface area contributed by atoms with Crippen molar-refractivity contribution < 1.29 is 14.3 Å². The number of ether oxygens (including phenoxy) is 2. The summed E-state index contributed by atoms with van der Waals surface area (Å²) >= 11 is 1.46. The molecule has 0 radical (unpaired) electrons. The van der Waals surface area contributed by atoms with E-state index in [4.69, 9.17) is 9.47 Å². The summed E-state index contributed by atoms with van der Waals surface area (Å²) in [4.78, 5) is 17.2. The average Bonchev–Trinajstić information content (AvgIpc) is 3.40. The summed E-state index contributed by atoms with van der Waals surface area (Å²) in [6, 6.07) is 7.29. The lowest BCUT2D eigenvalue weighted by Crippen LogP contribution is -2.16. The van der Waals surface area contributed by atoms with E-state index in [0.717, 1.165) is 21.6 Å². The van der Waals surface area contributed by atoms with Gasteiger partial charge in [0, 0.05) is 30.9 Å². The molecular weight excluding hydrogens is 380 g/mol. The normalized spacial score (nSPS) is 12.7. The molecule has 0 saturated heterocycles. The quantitative estimate of drug-likeness (QED) is 0.572. The molecule has 28 heavy (non-hydrogen) atoms. The minimum atomic E-state index is -0.299. The van der Waals surface area contributed by atoms with Crippen molar-refractivity contribution in [2.45, 2.75) is 13.8 Å². The highest BCUT2D eigenvalue weighted by Crippen LogP contribution is 2.38. The fourth-order valence-electron chi connectivity index (χ4n) is 2.98. The molecule has 1 amide bonds. The highest BCUT2D eigenvalue weighted by atomic mass is 32.1. The lowest BCUT2D eigenvalue weighted by molar-refractivity contribution is 0.102. The van der Waals surface area contributed by atoms with E-state index in [1.165, 1.54) is 11.3 Å². The molecule has 3 aromatic heterocycles. The minimum absolute atomic E-state index is 0.223. The fourth-order valence-corrected chi connectivity index (χ4v) is 3.92. The smallest absolute Gasteiger partial charge is 0.277 e. The zero-order valence-electron chi connectivity index (χ0n) is 15.4. The summed E-state index contributed by atoms with van der Waals surface area (Å²) in [5.74, 6) is 1.62. The SMILES string of the molecule is Cc1cc(NC(=O)c2cc(C)n(C)n2)n(-c2nc3cc4c(cc3s2)OCO4)n1. The van der Waals surface area contributed by atoms with Crippen molar-refractivity contribution in [3.8, 4) is 16.6 Å². The van der Waals surface area contributed by atoms with Crippen molar-refractivity contribution in [1.82, 2.24) is 24.5 Å². The number of nitrogens with one attached hydrogen (secondary N) is 1. The molecule has 1 N–H and O–H groups in total. The van der Waals surface area contributed by atoms with Crippen LogP contribution in [0.15, 0.2) is 24.3 Å². The van der Waals surface area contributed by atoms with E-state index in [1.807, 2.05) is 26.0 Å². The first-order valence-electron chi connectivity index (χ1n) is 8.57. The van der Waals surface area contributed by atoms with Gasteiger partial charge in [0.1, 0.15) is 5.82 Å². The number of carbonyl (C=O) groups is 1.